The minimum Gasteiger partial charge on any atom is -0.171 e. The predicted octanol–water partition coefficient (Wildman–Crippen LogP) is 1.82. The molecule has 1 aliphatic heterocycles. The van der Waals surface area contributed by atoms with Crippen molar-refractivity contribution in [2.24, 2.45) is 0 Å². The minimum absolute atomic E-state index is 0.458. The lowest BCUT2D eigenvalue weighted by Gasteiger charge is -2.34. The first-order valence-electron chi connectivity index (χ1n) is 3.53. The van der Waals surface area contributed by atoms with Crippen molar-refractivity contribution in [2.45, 2.75) is 29.7 Å². The molecule has 0 bridgehead atoms. The first kappa shape index (κ1) is 8.11. The van der Waals surface area contributed by atoms with E-state index >= 15 is 0 Å². The minimum atomic E-state index is -0.853. The van der Waals surface area contributed by atoms with E-state index in [2.05, 4.69) is 6.92 Å². The Morgan fingerprint density at radius 3 is 2.67 bits per heavy atom. The molecule has 3 atom stereocenters. The van der Waals surface area contributed by atoms with Crippen LogP contribution in [0.2, 0.25) is 11.7 Å². The Bertz CT molecular complexity index is 97.0. The van der Waals surface area contributed by atoms with Gasteiger partial charge in [-0.15, -0.1) is 11.6 Å². The fourth-order valence-corrected chi connectivity index (χ4v) is 15.2. The Hall–Kier alpha value is 1.01. The molecular weight excluding hydrogens is 187 g/mol. The van der Waals surface area contributed by atoms with E-state index in [1.807, 2.05) is 0 Å². The zero-order valence-corrected chi connectivity index (χ0v) is 9.43. The average molecular weight is 199 g/mol. The summed E-state index contributed by atoms with van der Waals surface area (Å²) in [5.74, 6) is 0. The smallest absolute Gasteiger partial charge is 0.152 e. The highest BCUT2D eigenvalue weighted by atomic mass is 35.6. The summed E-state index contributed by atoms with van der Waals surface area (Å²) < 4.78 is 0.534. The molecule has 0 aromatic heterocycles. The fourth-order valence-electron chi connectivity index (χ4n) is 1.30. The number of rotatable bonds is 2. The van der Waals surface area contributed by atoms with Crippen LogP contribution in [0.5, 0.6) is 0 Å². The van der Waals surface area contributed by atoms with Gasteiger partial charge in [-0.05, 0) is 0 Å². The van der Waals surface area contributed by atoms with Gasteiger partial charge in [-0.2, -0.15) is 11.1 Å². The van der Waals surface area contributed by atoms with E-state index in [0.717, 1.165) is 0 Å². The van der Waals surface area contributed by atoms with E-state index in [-0.39, 0.29) is 0 Å². The van der Waals surface area contributed by atoms with Crippen molar-refractivity contribution >= 4 is 39.6 Å². The Balaban J connectivity index is 2.17. The second-order valence-corrected chi connectivity index (χ2v) is 13.0. The van der Waals surface area contributed by atoms with Gasteiger partial charge in [-0.25, -0.2) is 0 Å². The molecule has 0 saturated carbocycles. The number of alkyl halides is 1. The summed E-state index contributed by atoms with van der Waals surface area (Å²) >= 11 is 12.0. The summed E-state index contributed by atoms with van der Waals surface area (Å²) in [6.07, 6.45) is 1.32. The van der Waals surface area contributed by atoms with Crippen LogP contribution in [-0.4, -0.2) is 21.5 Å². The molecule has 1 rings (SSSR count). The van der Waals surface area contributed by atoms with E-state index in [4.69, 9.17) is 22.7 Å². The van der Waals surface area contributed by atoms with Gasteiger partial charge in [0.15, 0.2) is 8.11 Å². The first-order valence-corrected chi connectivity index (χ1v) is 9.50. The van der Waals surface area contributed by atoms with Crippen LogP contribution in [0.1, 0.15) is 13.3 Å². The van der Waals surface area contributed by atoms with E-state index in [1.165, 1.54) is 18.1 Å². The van der Waals surface area contributed by atoms with Crippen LogP contribution < -0.4 is 0 Å². The lowest BCUT2D eigenvalue weighted by molar-refractivity contribution is 1.05. The number of hydrogen-bond acceptors (Lipinski definition) is 0. The standard InChI is InChI=1S/C5H12Cl2Si2/c1-2-3-8-4-9(7)5(8)6/h5,8-9H,2-4H2,1H3. The molecule has 0 nitrogen and oxygen atoms in total. The monoisotopic (exact) mass is 198 g/mol. The van der Waals surface area contributed by atoms with Gasteiger partial charge in [0.2, 0.25) is 0 Å². The van der Waals surface area contributed by atoms with Gasteiger partial charge in [0.05, 0.1) is 8.80 Å². The van der Waals surface area contributed by atoms with E-state index < -0.39 is 16.9 Å². The van der Waals surface area contributed by atoms with Crippen LogP contribution >= 0.6 is 22.7 Å². The molecule has 1 heterocycles. The second kappa shape index (κ2) is 3.42. The van der Waals surface area contributed by atoms with E-state index in [1.54, 1.807) is 0 Å². The third-order valence-electron chi connectivity index (χ3n) is 1.98. The normalized spacial score (nSPS) is 42.3. The van der Waals surface area contributed by atoms with E-state index in [0.29, 0.717) is 4.62 Å². The maximum Gasteiger partial charge on any atom is 0.152 e. The Morgan fingerprint density at radius 1 is 1.67 bits per heavy atom. The maximum absolute atomic E-state index is 6.04. The quantitative estimate of drug-likeness (QED) is 0.361. The van der Waals surface area contributed by atoms with Crippen molar-refractivity contribution in [1.82, 2.24) is 0 Å². The lowest BCUT2D eigenvalue weighted by atomic mass is 10.6. The molecule has 1 saturated heterocycles. The van der Waals surface area contributed by atoms with Crippen LogP contribution in [0.25, 0.3) is 0 Å². The van der Waals surface area contributed by atoms with Crippen molar-refractivity contribution in [1.29, 1.82) is 0 Å². The van der Waals surface area contributed by atoms with Crippen molar-refractivity contribution in [3.63, 3.8) is 0 Å². The van der Waals surface area contributed by atoms with Crippen molar-refractivity contribution in [3.05, 3.63) is 0 Å². The zero-order chi connectivity index (χ0) is 6.85. The highest BCUT2D eigenvalue weighted by Crippen LogP contribution is 2.30. The highest BCUT2D eigenvalue weighted by Gasteiger charge is 2.39. The summed E-state index contributed by atoms with van der Waals surface area (Å²) in [6.45, 7) is 2.24. The van der Waals surface area contributed by atoms with Gasteiger partial charge >= 0.3 is 0 Å². The first-order chi connectivity index (χ1) is 4.25. The molecule has 0 aliphatic carbocycles. The summed E-state index contributed by atoms with van der Waals surface area (Å²) in [5.41, 5.74) is 1.41. The number of hydrogen-bond donors (Lipinski definition) is 0. The molecule has 9 heavy (non-hydrogen) atoms. The lowest BCUT2D eigenvalue weighted by Crippen LogP contribution is -2.50. The Labute approximate surface area is 69.5 Å². The average Bonchev–Trinajstić information content (AvgIpc) is 1.88. The zero-order valence-electron chi connectivity index (χ0n) is 5.61. The molecule has 4 heteroatoms. The maximum atomic E-state index is 6.04. The van der Waals surface area contributed by atoms with E-state index in [9.17, 15) is 0 Å². The fraction of sp³-hybridized carbons (Fsp3) is 1.00. The molecular formula is C5H12Cl2Si2. The van der Waals surface area contributed by atoms with Gasteiger partial charge in [0.25, 0.3) is 0 Å². The molecule has 54 valence electrons. The summed E-state index contributed by atoms with van der Waals surface area (Å²) in [6, 6.07) is 1.42. The van der Waals surface area contributed by atoms with Crippen LogP contribution in [0.15, 0.2) is 0 Å². The molecule has 1 fully saturated rings. The summed E-state index contributed by atoms with van der Waals surface area (Å²) in [7, 11) is -1.31. The second-order valence-electron chi connectivity index (χ2n) is 2.74. The Kier molecular flexibility index (Phi) is 3.08. The molecule has 0 radical (unpaired) electrons. The van der Waals surface area contributed by atoms with Gasteiger partial charge in [0.1, 0.15) is 0 Å². The van der Waals surface area contributed by atoms with Crippen LogP contribution in [0.4, 0.5) is 0 Å². The largest absolute Gasteiger partial charge is 0.171 e. The molecule has 3 unspecified atom stereocenters. The topological polar surface area (TPSA) is 0 Å². The van der Waals surface area contributed by atoms with Crippen LogP contribution in [0.3, 0.4) is 0 Å². The van der Waals surface area contributed by atoms with Crippen molar-refractivity contribution < 1.29 is 0 Å². The summed E-state index contributed by atoms with van der Waals surface area (Å²) in [4.78, 5) is 0. The van der Waals surface area contributed by atoms with Crippen LogP contribution in [0, 0.1) is 0 Å². The van der Waals surface area contributed by atoms with Crippen LogP contribution in [-0.2, 0) is 0 Å². The third-order valence-corrected chi connectivity index (χ3v) is 17.7. The molecule has 1 aliphatic rings. The molecule has 0 N–H and O–H groups in total. The predicted molar refractivity (Wildman–Crippen MR) is 49.7 cm³/mol. The molecule has 0 aromatic carbocycles. The third kappa shape index (κ3) is 1.73. The molecule has 0 aromatic rings. The van der Waals surface area contributed by atoms with Gasteiger partial charge in [-0.1, -0.05) is 25.1 Å². The summed E-state index contributed by atoms with van der Waals surface area (Å²) in [5, 5.41) is 0. The Morgan fingerprint density at radius 2 is 2.33 bits per heavy atom. The van der Waals surface area contributed by atoms with Crippen molar-refractivity contribution in [2.75, 3.05) is 0 Å². The highest BCUT2D eigenvalue weighted by molar-refractivity contribution is 7.25. The number of halogens is 2. The molecule has 0 spiro atoms. The van der Waals surface area contributed by atoms with Gasteiger partial charge in [0, 0.05) is 4.62 Å². The SMILES string of the molecule is CCC[SiH]1C[SiH](Cl)C1Cl. The van der Waals surface area contributed by atoms with Gasteiger partial charge < -0.3 is 0 Å². The van der Waals surface area contributed by atoms with Gasteiger partial charge in [-0.3, -0.25) is 0 Å². The molecule has 0 amide bonds. The van der Waals surface area contributed by atoms with Crippen molar-refractivity contribution in [3.8, 4) is 0 Å².